The third-order valence-corrected chi connectivity index (χ3v) is 6.31. The second-order valence-electron chi connectivity index (χ2n) is 8.23. The molecule has 2 aliphatic heterocycles. The third-order valence-electron chi connectivity index (χ3n) is 5.50. The number of amides is 2. The molecular formula is C20H32N4O3S. The van der Waals surface area contributed by atoms with Crippen LogP contribution in [0.1, 0.15) is 45.7 Å². The van der Waals surface area contributed by atoms with Gasteiger partial charge in [0.15, 0.2) is 5.13 Å². The monoisotopic (exact) mass is 408 g/mol. The zero-order valence-corrected chi connectivity index (χ0v) is 18.0. The van der Waals surface area contributed by atoms with Crippen molar-refractivity contribution in [2.75, 3.05) is 38.1 Å². The minimum Gasteiger partial charge on any atom is -0.450 e. The number of piperidine rings is 2. The summed E-state index contributed by atoms with van der Waals surface area (Å²) in [5, 5.41) is 5.69. The van der Waals surface area contributed by atoms with Crippen LogP contribution in [0, 0.1) is 17.8 Å². The van der Waals surface area contributed by atoms with Crippen LogP contribution in [-0.2, 0) is 16.1 Å². The maximum Gasteiger partial charge on any atom is 0.409 e. The highest BCUT2D eigenvalue weighted by atomic mass is 32.1. The molecular weight excluding hydrogens is 376 g/mol. The summed E-state index contributed by atoms with van der Waals surface area (Å²) < 4.78 is 5.03. The topological polar surface area (TPSA) is 74.8 Å². The second-order valence-corrected chi connectivity index (χ2v) is 9.09. The molecule has 2 atom stereocenters. The zero-order chi connectivity index (χ0) is 20.1. The molecule has 0 spiro atoms. The molecule has 0 aliphatic carbocycles. The van der Waals surface area contributed by atoms with Crippen LogP contribution in [0.5, 0.6) is 0 Å². The Balaban J connectivity index is 1.46. The maximum absolute atomic E-state index is 12.6. The molecule has 156 valence electrons. The van der Waals surface area contributed by atoms with Crippen LogP contribution in [0.4, 0.5) is 9.93 Å². The van der Waals surface area contributed by atoms with Gasteiger partial charge in [-0.25, -0.2) is 9.78 Å². The van der Waals surface area contributed by atoms with Crippen LogP contribution >= 0.6 is 11.3 Å². The molecule has 2 saturated heterocycles. The number of likely N-dealkylation sites (tertiary alicyclic amines) is 2. The molecule has 2 fully saturated rings. The van der Waals surface area contributed by atoms with E-state index in [9.17, 15) is 9.59 Å². The van der Waals surface area contributed by atoms with Gasteiger partial charge in [-0.3, -0.25) is 9.69 Å². The predicted molar refractivity (Wildman–Crippen MR) is 110 cm³/mol. The van der Waals surface area contributed by atoms with Crippen molar-refractivity contribution in [2.24, 2.45) is 17.8 Å². The van der Waals surface area contributed by atoms with Crippen molar-refractivity contribution >= 4 is 28.5 Å². The average molecular weight is 409 g/mol. The van der Waals surface area contributed by atoms with Gasteiger partial charge in [0.05, 0.1) is 12.3 Å². The number of ether oxygens (including phenoxy) is 1. The van der Waals surface area contributed by atoms with Gasteiger partial charge in [-0.05, 0) is 38.0 Å². The highest BCUT2D eigenvalue weighted by Gasteiger charge is 2.28. The Kier molecular flexibility index (Phi) is 7.29. The molecule has 0 bridgehead atoms. The van der Waals surface area contributed by atoms with Crippen molar-refractivity contribution in [3.8, 4) is 0 Å². The van der Waals surface area contributed by atoms with E-state index in [0.29, 0.717) is 37.7 Å². The van der Waals surface area contributed by atoms with Gasteiger partial charge in [-0.15, -0.1) is 11.3 Å². The zero-order valence-electron chi connectivity index (χ0n) is 17.1. The van der Waals surface area contributed by atoms with Crippen LogP contribution < -0.4 is 5.32 Å². The number of hydrogen-bond donors (Lipinski definition) is 1. The van der Waals surface area contributed by atoms with Gasteiger partial charge in [-0.2, -0.15) is 0 Å². The van der Waals surface area contributed by atoms with Crippen molar-refractivity contribution in [2.45, 2.75) is 46.6 Å². The van der Waals surface area contributed by atoms with Gasteiger partial charge in [-0.1, -0.05) is 13.8 Å². The summed E-state index contributed by atoms with van der Waals surface area (Å²) in [7, 11) is 0. The Labute approximate surface area is 171 Å². The fourth-order valence-corrected chi connectivity index (χ4v) is 5.04. The molecule has 2 amide bonds. The predicted octanol–water partition coefficient (Wildman–Crippen LogP) is 3.43. The second kappa shape index (κ2) is 9.69. The standard InChI is InChI=1S/C20H32N4O3S/c1-4-27-20(26)24-7-5-16(6-8-24)18(25)22-19-21-17(13-28-19)12-23-10-14(2)9-15(3)11-23/h13-16H,4-12H2,1-3H3,(H,21,22,25)/t14-,15+. The molecule has 7 nitrogen and oxygen atoms in total. The van der Waals surface area contributed by atoms with E-state index in [4.69, 9.17) is 4.74 Å². The Hall–Kier alpha value is -1.67. The maximum atomic E-state index is 12.6. The van der Waals surface area contributed by atoms with Gasteiger partial charge < -0.3 is 15.0 Å². The van der Waals surface area contributed by atoms with E-state index in [2.05, 4.69) is 29.0 Å². The van der Waals surface area contributed by atoms with Crippen molar-refractivity contribution < 1.29 is 14.3 Å². The van der Waals surface area contributed by atoms with Crippen molar-refractivity contribution in [1.82, 2.24) is 14.8 Å². The molecule has 3 heterocycles. The molecule has 0 saturated carbocycles. The number of carbonyl (C=O) groups is 2. The summed E-state index contributed by atoms with van der Waals surface area (Å²) in [4.78, 5) is 33.1. The van der Waals surface area contributed by atoms with E-state index < -0.39 is 0 Å². The first-order valence-corrected chi connectivity index (χ1v) is 11.2. The number of aromatic nitrogens is 1. The SMILES string of the molecule is CCOC(=O)N1CCC(C(=O)Nc2nc(CN3C[C@H](C)C[C@H](C)C3)cs2)CC1. The van der Waals surface area contributed by atoms with Crippen molar-refractivity contribution in [3.05, 3.63) is 11.1 Å². The van der Waals surface area contributed by atoms with Gasteiger partial charge in [0.1, 0.15) is 0 Å². The van der Waals surface area contributed by atoms with Gasteiger partial charge in [0.25, 0.3) is 0 Å². The summed E-state index contributed by atoms with van der Waals surface area (Å²) in [5.41, 5.74) is 1.03. The number of nitrogens with one attached hydrogen (secondary N) is 1. The van der Waals surface area contributed by atoms with Gasteiger partial charge in [0, 0.05) is 44.0 Å². The van der Waals surface area contributed by atoms with E-state index >= 15 is 0 Å². The first kappa shape index (κ1) is 21.0. The fourth-order valence-electron chi connectivity index (χ4n) is 4.33. The number of hydrogen-bond acceptors (Lipinski definition) is 6. The molecule has 2 aliphatic rings. The Morgan fingerprint density at radius 1 is 1.25 bits per heavy atom. The number of carbonyl (C=O) groups excluding carboxylic acids is 2. The average Bonchev–Trinajstić information content (AvgIpc) is 3.08. The quantitative estimate of drug-likeness (QED) is 0.808. The van der Waals surface area contributed by atoms with Crippen LogP contribution in [0.25, 0.3) is 0 Å². The lowest BCUT2D eigenvalue weighted by atomic mass is 9.92. The van der Waals surface area contributed by atoms with Gasteiger partial charge >= 0.3 is 6.09 Å². The largest absolute Gasteiger partial charge is 0.450 e. The lowest BCUT2D eigenvalue weighted by Gasteiger charge is -2.34. The summed E-state index contributed by atoms with van der Waals surface area (Å²) in [6.45, 7) is 11.0. The first-order valence-electron chi connectivity index (χ1n) is 10.3. The summed E-state index contributed by atoms with van der Waals surface area (Å²) in [5.74, 6) is 1.37. The normalized spacial score (nSPS) is 24.2. The van der Waals surface area contributed by atoms with Crippen LogP contribution in [0.15, 0.2) is 5.38 Å². The van der Waals surface area contributed by atoms with E-state index in [-0.39, 0.29) is 17.9 Å². The van der Waals surface area contributed by atoms with E-state index in [1.54, 1.807) is 11.8 Å². The van der Waals surface area contributed by atoms with Crippen molar-refractivity contribution in [3.63, 3.8) is 0 Å². The number of nitrogens with zero attached hydrogens (tertiary/aromatic N) is 3. The molecule has 1 aromatic heterocycles. The highest BCUT2D eigenvalue weighted by Crippen LogP contribution is 2.25. The molecule has 3 rings (SSSR count). The highest BCUT2D eigenvalue weighted by molar-refractivity contribution is 7.13. The minimum absolute atomic E-state index is 0.00428. The third kappa shape index (κ3) is 5.67. The summed E-state index contributed by atoms with van der Waals surface area (Å²) in [6.07, 6.45) is 2.33. The van der Waals surface area contributed by atoms with E-state index in [1.165, 1.54) is 17.8 Å². The summed E-state index contributed by atoms with van der Waals surface area (Å²) in [6, 6.07) is 0. The van der Waals surface area contributed by atoms with Gasteiger partial charge in [0.2, 0.25) is 5.91 Å². The van der Waals surface area contributed by atoms with Crippen molar-refractivity contribution in [1.29, 1.82) is 0 Å². The van der Waals surface area contributed by atoms with Crippen LogP contribution in [0.2, 0.25) is 0 Å². The molecule has 0 radical (unpaired) electrons. The minimum atomic E-state index is -0.285. The lowest BCUT2D eigenvalue weighted by Crippen LogP contribution is -2.41. The molecule has 1 N–H and O–H groups in total. The number of anilines is 1. The molecule has 1 aromatic rings. The number of rotatable bonds is 5. The van der Waals surface area contributed by atoms with Crippen LogP contribution in [-0.4, -0.2) is 59.6 Å². The Morgan fingerprint density at radius 3 is 2.57 bits per heavy atom. The van der Waals surface area contributed by atoms with Crippen LogP contribution in [0.3, 0.4) is 0 Å². The fraction of sp³-hybridized carbons (Fsp3) is 0.750. The molecule has 28 heavy (non-hydrogen) atoms. The Morgan fingerprint density at radius 2 is 1.93 bits per heavy atom. The summed E-state index contributed by atoms with van der Waals surface area (Å²) >= 11 is 1.49. The Bertz CT molecular complexity index is 662. The number of thiazole rings is 1. The molecule has 0 unspecified atom stereocenters. The molecule has 8 heteroatoms. The van der Waals surface area contributed by atoms with E-state index in [0.717, 1.165) is 37.2 Å². The lowest BCUT2D eigenvalue weighted by molar-refractivity contribution is -0.121. The first-order chi connectivity index (χ1) is 13.4. The van der Waals surface area contributed by atoms with E-state index in [1.807, 2.05) is 5.38 Å². The molecule has 0 aromatic carbocycles. The smallest absolute Gasteiger partial charge is 0.409 e.